The molecule has 4 nitrogen and oxygen atoms in total. The molecule has 3 rings (SSSR count). The SMILES string of the molecule is CCCOC(=O)C(C)Sc1ncnc2sc3c(c12)CCC(C)C3. The van der Waals surface area contributed by atoms with Crippen LogP contribution in [0.15, 0.2) is 11.4 Å². The fourth-order valence-electron chi connectivity index (χ4n) is 2.87. The average Bonchev–Trinajstić information content (AvgIpc) is 2.90. The molecule has 23 heavy (non-hydrogen) atoms. The third-order valence-corrected chi connectivity index (χ3v) is 6.37. The molecular formula is C17H22N2O2S2. The Labute approximate surface area is 145 Å². The molecule has 0 saturated carbocycles. The molecule has 1 aliphatic carbocycles. The van der Waals surface area contributed by atoms with Gasteiger partial charge in [0.1, 0.15) is 21.4 Å². The lowest BCUT2D eigenvalue weighted by molar-refractivity contribution is -0.142. The predicted molar refractivity (Wildman–Crippen MR) is 95.2 cm³/mol. The molecule has 0 spiro atoms. The summed E-state index contributed by atoms with van der Waals surface area (Å²) >= 11 is 3.28. The summed E-state index contributed by atoms with van der Waals surface area (Å²) in [5, 5.41) is 1.83. The Balaban J connectivity index is 1.88. The maximum atomic E-state index is 12.0. The summed E-state index contributed by atoms with van der Waals surface area (Å²) in [5.74, 6) is 0.573. The van der Waals surface area contributed by atoms with E-state index in [1.165, 1.54) is 34.0 Å². The molecule has 0 saturated heterocycles. The first-order chi connectivity index (χ1) is 11.1. The molecule has 0 radical (unpaired) electrons. The number of nitrogens with zero attached hydrogens (tertiary/aromatic N) is 2. The lowest BCUT2D eigenvalue weighted by Crippen LogP contribution is -2.17. The van der Waals surface area contributed by atoms with Crippen molar-refractivity contribution in [3.05, 3.63) is 16.8 Å². The van der Waals surface area contributed by atoms with E-state index in [0.29, 0.717) is 6.61 Å². The Morgan fingerprint density at radius 3 is 3.13 bits per heavy atom. The van der Waals surface area contributed by atoms with Crippen molar-refractivity contribution in [2.24, 2.45) is 5.92 Å². The largest absolute Gasteiger partial charge is 0.465 e. The van der Waals surface area contributed by atoms with Crippen LogP contribution in [0.1, 0.15) is 44.1 Å². The first-order valence-electron chi connectivity index (χ1n) is 8.18. The molecule has 0 fully saturated rings. The van der Waals surface area contributed by atoms with Gasteiger partial charge in [-0.3, -0.25) is 4.79 Å². The van der Waals surface area contributed by atoms with Crippen molar-refractivity contribution < 1.29 is 9.53 Å². The summed E-state index contributed by atoms with van der Waals surface area (Å²) in [4.78, 5) is 23.4. The van der Waals surface area contributed by atoms with Gasteiger partial charge in [0, 0.05) is 10.3 Å². The summed E-state index contributed by atoms with van der Waals surface area (Å²) in [7, 11) is 0. The van der Waals surface area contributed by atoms with Crippen molar-refractivity contribution in [1.29, 1.82) is 0 Å². The summed E-state index contributed by atoms with van der Waals surface area (Å²) in [5.41, 5.74) is 1.40. The highest BCUT2D eigenvalue weighted by molar-refractivity contribution is 8.00. The first kappa shape index (κ1) is 16.7. The third-order valence-electron chi connectivity index (χ3n) is 4.13. The van der Waals surface area contributed by atoms with Gasteiger partial charge in [-0.05, 0) is 44.1 Å². The Bertz CT molecular complexity index is 714. The zero-order valence-electron chi connectivity index (χ0n) is 13.8. The van der Waals surface area contributed by atoms with E-state index in [1.54, 1.807) is 17.7 Å². The van der Waals surface area contributed by atoms with E-state index in [-0.39, 0.29) is 11.2 Å². The van der Waals surface area contributed by atoms with Crippen LogP contribution in [0.4, 0.5) is 0 Å². The quantitative estimate of drug-likeness (QED) is 0.458. The van der Waals surface area contributed by atoms with Crippen molar-refractivity contribution in [2.45, 2.75) is 56.7 Å². The van der Waals surface area contributed by atoms with E-state index >= 15 is 0 Å². The minimum Gasteiger partial charge on any atom is -0.465 e. The number of thiophene rings is 1. The smallest absolute Gasteiger partial charge is 0.319 e. The third kappa shape index (κ3) is 3.53. The number of carbonyl (C=O) groups is 1. The molecule has 0 amide bonds. The van der Waals surface area contributed by atoms with Crippen LogP contribution >= 0.6 is 23.1 Å². The van der Waals surface area contributed by atoms with Gasteiger partial charge in [0.25, 0.3) is 0 Å². The van der Waals surface area contributed by atoms with Gasteiger partial charge in [0.05, 0.1) is 6.61 Å². The van der Waals surface area contributed by atoms with Crippen LogP contribution in [0.3, 0.4) is 0 Å². The number of rotatable bonds is 5. The number of carbonyl (C=O) groups excluding carboxylic acids is 1. The molecular weight excluding hydrogens is 328 g/mol. The van der Waals surface area contributed by atoms with Gasteiger partial charge in [0.15, 0.2) is 0 Å². The van der Waals surface area contributed by atoms with Crippen molar-refractivity contribution in [2.75, 3.05) is 6.61 Å². The standard InChI is InChI=1S/C17H22N2O2S2/c1-4-7-21-17(20)11(3)22-15-14-12-6-5-10(2)8-13(12)23-16(14)19-9-18-15/h9-11H,4-8H2,1-3H3. The average molecular weight is 351 g/mol. The van der Waals surface area contributed by atoms with E-state index in [1.807, 2.05) is 13.8 Å². The van der Waals surface area contributed by atoms with Crippen LogP contribution in [-0.4, -0.2) is 27.8 Å². The van der Waals surface area contributed by atoms with Gasteiger partial charge in [-0.25, -0.2) is 9.97 Å². The number of fused-ring (bicyclic) bond motifs is 3. The maximum Gasteiger partial charge on any atom is 0.319 e. The number of thioether (sulfide) groups is 1. The molecule has 2 atom stereocenters. The number of aromatic nitrogens is 2. The Morgan fingerprint density at radius 2 is 2.35 bits per heavy atom. The minimum atomic E-state index is -0.252. The van der Waals surface area contributed by atoms with Gasteiger partial charge in [-0.1, -0.05) is 25.6 Å². The monoisotopic (exact) mass is 350 g/mol. The van der Waals surface area contributed by atoms with E-state index in [9.17, 15) is 4.79 Å². The van der Waals surface area contributed by atoms with E-state index < -0.39 is 0 Å². The van der Waals surface area contributed by atoms with Gasteiger partial charge < -0.3 is 4.74 Å². The Morgan fingerprint density at radius 1 is 1.52 bits per heavy atom. The maximum absolute atomic E-state index is 12.0. The van der Waals surface area contributed by atoms with Gasteiger partial charge in [-0.2, -0.15) is 0 Å². The van der Waals surface area contributed by atoms with Crippen LogP contribution in [0.25, 0.3) is 10.2 Å². The molecule has 2 heterocycles. The second-order valence-corrected chi connectivity index (χ2v) is 8.55. The summed E-state index contributed by atoms with van der Waals surface area (Å²) in [6.07, 6.45) is 5.89. The highest BCUT2D eigenvalue weighted by atomic mass is 32.2. The molecule has 0 bridgehead atoms. The van der Waals surface area contributed by atoms with Gasteiger partial charge in [0.2, 0.25) is 0 Å². The number of esters is 1. The van der Waals surface area contributed by atoms with Crippen molar-refractivity contribution in [1.82, 2.24) is 9.97 Å². The fourth-order valence-corrected chi connectivity index (χ4v) is 5.23. The van der Waals surface area contributed by atoms with Crippen LogP contribution in [-0.2, 0) is 22.4 Å². The van der Waals surface area contributed by atoms with E-state index in [0.717, 1.165) is 35.0 Å². The molecule has 2 aromatic heterocycles. The zero-order chi connectivity index (χ0) is 16.4. The first-order valence-corrected chi connectivity index (χ1v) is 9.88. The van der Waals surface area contributed by atoms with Crippen molar-refractivity contribution in [3.8, 4) is 0 Å². The minimum absolute atomic E-state index is 0.165. The predicted octanol–water partition coefficient (Wildman–Crippen LogP) is 4.25. The second-order valence-electron chi connectivity index (χ2n) is 6.14. The van der Waals surface area contributed by atoms with Gasteiger partial charge in [-0.15, -0.1) is 11.3 Å². The van der Waals surface area contributed by atoms with E-state index in [2.05, 4.69) is 16.9 Å². The summed E-state index contributed by atoms with van der Waals surface area (Å²) < 4.78 is 5.24. The second kappa shape index (κ2) is 7.18. The zero-order valence-corrected chi connectivity index (χ0v) is 15.4. The lowest BCUT2D eigenvalue weighted by Gasteiger charge is -2.18. The van der Waals surface area contributed by atoms with Crippen molar-refractivity contribution in [3.63, 3.8) is 0 Å². The molecule has 0 N–H and O–H groups in total. The van der Waals surface area contributed by atoms with Crippen LogP contribution in [0, 0.1) is 5.92 Å². The Kier molecular flexibility index (Phi) is 5.21. The number of ether oxygens (including phenoxy) is 1. The highest BCUT2D eigenvalue weighted by Gasteiger charge is 2.25. The van der Waals surface area contributed by atoms with Gasteiger partial charge >= 0.3 is 5.97 Å². The molecule has 0 aromatic carbocycles. The van der Waals surface area contributed by atoms with Crippen LogP contribution < -0.4 is 0 Å². The normalized spacial score (nSPS) is 18.7. The molecule has 6 heteroatoms. The summed E-state index contributed by atoms with van der Waals surface area (Å²) in [6.45, 7) is 6.67. The van der Waals surface area contributed by atoms with E-state index in [4.69, 9.17) is 4.74 Å². The number of hydrogen-bond donors (Lipinski definition) is 0. The molecule has 2 aromatic rings. The van der Waals surface area contributed by atoms with Crippen molar-refractivity contribution >= 4 is 39.3 Å². The lowest BCUT2D eigenvalue weighted by atomic mass is 9.89. The molecule has 0 aliphatic heterocycles. The van der Waals surface area contributed by atoms with Crippen LogP contribution in [0.5, 0.6) is 0 Å². The number of hydrogen-bond acceptors (Lipinski definition) is 6. The number of aryl methyl sites for hydroxylation is 1. The molecule has 1 aliphatic rings. The fraction of sp³-hybridized carbons (Fsp3) is 0.588. The summed E-state index contributed by atoms with van der Waals surface area (Å²) in [6, 6.07) is 0. The highest BCUT2D eigenvalue weighted by Crippen LogP contribution is 2.41. The Hall–Kier alpha value is -1.14. The topological polar surface area (TPSA) is 52.1 Å². The molecule has 124 valence electrons. The van der Waals surface area contributed by atoms with Crippen LogP contribution in [0.2, 0.25) is 0 Å². The molecule has 2 unspecified atom stereocenters.